The van der Waals surface area contributed by atoms with Crippen LogP contribution in [-0.4, -0.2) is 29.7 Å². The molecule has 236 valence electrons. The third-order valence-electron chi connectivity index (χ3n) is 7.95. The minimum Gasteiger partial charge on any atom is -0.469 e. The molecule has 2 N–H and O–H groups in total. The van der Waals surface area contributed by atoms with Crippen LogP contribution in [0, 0.1) is 0 Å². The number of hydrogen-bond acceptors (Lipinski definition) is 4. The van der Waals surface area contributed by atoms with Gasteiger partial charge in [-0.3, -0.25) is 14.4 Å². The third kappa shape index (κ3) is 12.0. The maximum Gasteiger partial charge on any atom is 0.286 e. The second-order valence-electron chi connectivity index (χ2n) is 11.6. The van der Waals surface area contributed by atoms with Gasteiger partial charge < -0.3 is 15.4 Å². The van der Waals surface area contributed by atoms with Crippen molar-refractivity contribution >= 4 is 17.6 Å². The Morgan fingerprint density at radius 2 is 1.32 bits per heavy atom. The van der Waals surface area contributed by atoms with Crippen molar-refractivity contribution in [3.63, 3.8) is 0 Å². The van der Waals surface area contributed by atoms with Gasteiger partial charge in [0, 0.05) is 30.1 Å². The van der Waals surface area contributed by atoms with Crippen molar-refractivity contribution in [2.24, 2.45) is 0 Å². The van der Waals surface area contributed by atoms with Gasteiger partial charge in [-0.25, -0.2) is 0 Å². The van der Waals surface area contributed by atoms with Crippen LogP contribution in [0.2, 0.25) is 0 Å². The van der Waals surface area contributed by atoms with E-state index in [0.29, 0.717) is 6.42 Å². The molecule has 0 radical (unpaired) electrons. The SMILES string of the molecule is CC/C=C\C/C=C\C/C=C\C/C=C\C/C=C\CCCC(=O)N[C@H]1CC[C@H](NC(=O)C2=CC(=O)C(C)(c3ccccc3)O2)CC1. The first kappa shape index (κ1) is 34.6. The van der Waals surface area contributed by atoms with Crippen LogP contribution in [0.3, 0.4) is 0 Å². The molecule has 2 aliphatic rings. The lowest BCUT2D eigenvalue weighted by molar-refractivity contribution is -0.132. The van der Waals surface area contributed by atoms with Crippen LogP contribution in [0.15, 0.2) is 103 Å². The number of allylic oxidation sites excluding steroid dienone is 10. The molecule has 1 aliphatic carbocycles. The summed E-state index contributed by atoms with van der Waals surface area (Å²) < 4.78 is 5.86. The summed E-state index contributed by atoms with van der Waals surface area (Å²) >= 11 is 0. The summed E-state index contributed by atoms with van der Waals surface area (Å²) in [5, 5.41) is 6.17. The highest BCUT2D eigenvalue weighted by Crippen LogP contribution is 2.35. The normalized spacial score (nSPS) is 22.4. The van der Waals surface area contributed by atoms with Crippen molar-refractivity contribution in [1.29, 1.82) is 0 Å². The van der Waals surface area contributed by atoms with Crippen LogP contribution in [0.5, 0.6) is 0 Å². The average Bonchev–Trinajstić information content (AvgIpc) is 3.35. The maximum atomic E-state index is 12.8. The van der Waals surface area contributed by atoms with Crippen molar-refractivity contribution in [2.75, 3.05) is 0 Å². The Labute approximate surface area is 264 Å². The Morgan fingerprint density at radius 1 is 0.795 bits per heavy atom. The first-order valence-corrected chi connectivity index (χ1v) is 16.3. The molecule has 1 aromatic carbocycles. The standard InChI is InChI=1S/C38H50N2O4/c1-3-4-5-6-7-8-9-10-11-12-13-14-15-16-17-18-22-25-36(42)39-32-26-28-33(29-27-32)40-37(43)34-30-35(41)38(2,44-34)31-23-20-19-21-24-31/h4-5,7-8,10-11,13-14,16-17,19-21,23-24,30,32-33H,3,6,9,12,15,18,22,25-29H2,1-2H3,(H,39,42)(H,40,43)/b5-4-,8-7-,11-10-,14-13-,17-16-/t32-,33-,38?. The first-order valence-electron chi connectivity index (χ1n) is 16.3. The van der Waals surface area contributed by atoms with E-state index in [-0.39, 0.29) is 35.4 Å². The Morgan fingerprint density at radius 3 is 1.89 bits per heavy atom. The molecule has 3 rings (SSSR count). The van der Waals surface area contributed by atoms with E-state index in [1.165, 1.54) is 6.08 Å². The zero-order valence-corrected chi connectivity index (χ0v) is 26.5. The van der Waals surface area contributed by atoms with Gasteiger partial charge in [0.25, 0.3) is 5.91 Å². The number of ether oxygens (including phenoxy) is 1. The molecule has 0 bridgehead atoms. The van der Waals surface area contributed by atoms with Crippen molar-refractivity contribution in [3.05, 3.63) is 108 Å². The minimum absolute atomic E-state index is 0.00540. The molecule has 6 heteroatoms. The molecular weight excluding hydrogens is 548 g/mol. The summed E-state index contributed by atoms with van der Waals surface area (Å²) in [6.07, 6.45) is 33.5. The number of nitrogens with one attached hydrogen (secondary N) is 2. The average molecular weight is 599 g/mol. The van der Waals surface area contributed by atoms with E-state index in [1.807, 2.05) is 30.3 Å². The highest BCUT2D eigenvalue weighted by atomic mass is 16.5. The molecule has 1 aromatic rings. The Balaban J connectivity index is 1.21. The van der Waals surface area contributed by atoms with Crippen LogP contribution in [-0.2, 0) is 24.7 Å². The van der Waals surface area contributed by atoms with Gasteiger partial charge in [-0.15, -0.1) is 0 Å². The van der Waals surface area contributed by atoms with Crippen molar-refractivity contribution < 1.29 is 19.1 Å². The van der Waals surface area contributed by atoms with Gasteiger partial charge >= 0.3 is 0 Å². The topological polar surface area (TPSA) is 84.5 Å². The third-order valence-corrected chi connectivity index (χ3v) is 7.95. The fourth-order valence-corrected chi connectivity index (χ4v) is 5.31. The summed E-state index contributed by atoms with van der Waals surface area (Å²) in [7, 11) is 0. The first-order chi connectivity index (χ1) is 21.4. The smallest absolute Gasteiger partial charge is 0.286 e. The molecule has 1 fully saturated rings. The largest absolute Gasteiger partial charge is 0.469 e. The van der Waals surface area contributed by atoms with E-state index in [2.05, 4.69) is 78.3 Å². The van der Waals surface area contributed by atoms with E-state index >= 15 is 0 Å². The molecule has 0 spiro atoms. The van der Waals surface area contributed by atoms with E-state index in [1.54, 1.807) is 6.92 Å². The van der Waals surface area contributed by atoms with Gasteiger partial charge in [-0.1, -0.05) is 98.0 Å². The second-order valence-corrected chi connectivity index (χ2v) is 11.6. The van der Waals surface area contributed by atoms with Crippen molar-refractivity contribution in [1.82, 2.24) is 10.6 Å². The van der Waals surface area contributed by atoms with Gasteiger partial charge in [0.05, 0.1) is 0 Å². The molecule has 1 aliphatic heterocycles. The number of hydrogen-bond donors (Lipinski definition) is 2. The Hall–Kier alpha value is -3.93. The van der Waals surface area contributed by atoms with Crippen LogP contribution < -0.4 is 10.6 Å². The quantitative estimate of drug-likeness (QED) is 0.141. The highest BCUT2D eigenvalue weighted by Gasteiger charge is 2.43. The zero-order chi connectivity index (χ0) is 31.5. The number of unbranched alkanes of at least 4 members (excludes halogenated alkanes) is 1. The molecule has 44 heavy (non-hydrogen) atoms. The monoisotopic (exact) mass is 598 g/mol. The number of benzene rings is 1. The molecule has 0 aromatic heterocycles. The van der Waals surface area contributed by atoms with E-state index in [9.17, 15) is 14.4 Å². The van der Waals surface area contributed by atoms with Crippen LogP contribution in [0.25, 0.3) is 0 Å². The van der Waals surface area contributed by atoms with Crippen LogP contribution >= 0.6 is 0 Å². The summed E-state index contributed by atoms with van der Waals surface area (Å²) in [4.78, 5) is 37.9. The van der Waals surface area contributed by atoms with Gasteiger partial charge in [-0.2, -0.15) is 0 Å². The van der Waals surface area contributed by atoms with Crippen LogP contribution in [0.1, 0.15) is 96.5 Å². The molecule has 1 saturated carbocycles. The van der Waals surface area contributed by atoms with Gasteiger partial charge in [0.1, 0.15) is 0 Å². The van der Waals surface area contributed by atoms with Crippen molar-refractivity contribution in [2.45, 2.75) is 109 Å². The lowest BCUT2D eigenvalue weighted by Crippen LogP contribution is -2.44. The molecular formula is C38H50N2O4. The molecule has 1 atom stereocenters. The predicted octanol–water partition coefficient (Wildman–Crippen LogP) is 7.85. The molecule has 0 saturated heterocycles. The molecule has 2 amide bonds. The number of carbonyl (C=O) groups excluding carboxylic acids is 3. The summed E-state index contributed by atoms with van der Waals surface area (Å²) in [5.41, 5.74) is -0.456. The summed E-state index contributed by atoms with van der Waals surface area (Å²) in [6, 6.07) is 9.35. The Kier molecular flexibility index (Phi) is 15.2. The highest BCUT2D eigenvalue weighted by molar-refractivity contribution is 6.07. The minimum atomic E-state index is -1.18. The van der Waals surface area contributed by atoms with Crippen LogP contribution in [0.4, 0.5) is 0 Å². The lowest BCUT2D eigenvalue weighted by Gasteiger charge is -2.30. The maximum absolute atomic E-state index is 12.8. The van der Waals surface area contributed by atoms with Gasteiger partial charge in [-0.05, 0) is 77.6 Å². The number of rotatable bonds is 17. The fraction of sp³-hybridized carbons (Fsp3) is 0.447. The van der Waals surface area contributed by atoms with Gasteiger partial charge in [0.15, 0.2) is 11.4 Å². The van der Waals surface area contributed by atoms with E-state index in [0.717, 1.165) is 76.2 Å². The lowest BCUT2D eigenvalue weighted by atomic mass is 9.91. The van der Waals surface area contributed by atoms with Gasteiger partial charge in [0.2, 0.25) is 11.7 Å². The second kappa shape index (κ2) is 19.4. The fourth-order valence-electron chi connectivity index (χ4n) is 5.31. The van der Waals surface area contributed by atoms with E-state index in [4.69, 9.17) is 4.74 Å². The predicted molar refractivity (Wildman–Crippen MR) is 179 cm³/mol. The Bertz CT molecular complexity index is 1230. The molecule has 6 nitrogen and oxygen atoms in total. The van der Waals surface area contributed by atoms with Crippen molar-refractivity contribution in [3.8, 4) is 0 Å². The zero-order valence-electron chi connectivity index (χ0n) is 26.5. The summed E-state index contributed by atoms with van der Waals surface area (Å²) in [5.74, 6) is -0.445. The number of amides is 2. The summed E-state index contributed by atoms with van der Waals surface area (Å²) in [6.45, 7) is 3.84. The molecule has 1 heterocycles. The molecule has 1 unspecified atom stereocenters. The van der Waals surface area contributed by atoms with E-state index < -0.39 is 5.60 Å². The number of carbonyl (C=O) groups is 3. The number of ketones is 1.